The third-order valence-electron chi connectivity index (χ3n) is 2.25. The SMILES string of the molecule is CC(C)(C)Oc1ccc(C(=O)OCC(F)(F)S(=O)(=O)[O-])cc1. The number of hydrogen-bond donors (Lipinski definition) is 0. The first kappa shape index (κ1) is 18.3. The van der Waals surface area contributed by atoms with Crippen LogP contribution in [0.2, 0.25) is 0 Å². The molecule has 0 aliphatic rings. The van der Waals surface area contributed by atoms with E-state index in [0.717, 1.165) is 0 Å². The van der Waals surface area contributed by atoms with Crippen molar-refractivity contribution in [3.05, 3.63) is 29.8 Å². The van der Waals surface area contributed by atoms with E-state index in [1.807, 2.05) is 20.8 Å². The Morgan fingerprint density at radius 2 is 1.68 bits per heavy atom. The minimum atomic E-state index is -5.89. The minimum Gasteiger partial charge on any atom is -0.743 e. The van der Waals surface area contributed by atoms with Crippen LogP contribution in [0.4, 0.5) is 8.78 Å². The van der Waals surface area contributed by atoms with Crippen molar-refractivity contribution in [3.8, 4) is 5.75 Å². The monoisotopic (exact) mass is 337 g/mol. The maximum absolute atomic E-state index is 12.9. The predicted molar refractivity (Wildman–Crippen MR) is 71.7 cm³/mol. The topological polar surface area (TPSA) is 92.7 Å². The van der Waals surface area contributed by atoms with E-state index in [0.29, 0.717) is 5.75 Å². The second-order valence-electron chi connectivity index (χ2n) is 5.41. The van der Waals surface area contributed by atoms with Gasteiger partial charge in [-0.2, -0.15) is 8.78 Å². The lowest BCUT2D eigenvalue weighted by molar-refractivity contribution is -0.00997. The molecule has 22 heavy (non-hydrogen) atoms. The maximum Gasteiger partial charge on any atom is 0.367 e. The van der Waals surface area contributed by atoms with Gasteiger partial charge in [0.2, 0.25) is 0 Å². The van der Waals surface area contributed by atoms with Crippen LogP contribution in [0.25, 0.3) is 0 Å². The molecule has 9 heteroatoms. The van der Waals surface area contributed by atoms with Gasteiger partial charge in [0.05, 0.1) is 5.56 Å². The third-order valence-corrected chi connectivity index (χ3v) is 3.10. The molecule has 0 saturated heterocycles. The van der Waals surface area contributed by atoms with E-state index in [9.17, 15) is 26.5 Å². The Morgan fingerprint density at radius 1 is 1.18 bits per heavy atom. The van der Waals surface area contributed by atoms with Gasteiger partial charge in [-0.25, -0.2) is 13.2 Å². The van der Waals surface area contributed by atoms with Crippen molar-refractivity contribution < 1.29 is 36.0 Å². The summed E-state index contributed by atoms with van der Waals surface area (Å²) in [4.78, 5) is 11.5. The van der Waals surface area contributed by atoms with E-state index in [-0.39, 0.29) is 5.56 Å². The van der Waals surface area contributed by atoms with E-state index >= 15 is 0 Å². The van der Waals surface area contributed by atoms with Crippen LogP contribution < -0.4 is 4.74 Å². The molecule has 0 aliphatic carbocycles. The molecule has 0 atom stereocenters. The highest BCUT2D eigenvalue weighted by Gasteiger charge is 2.39. The van der Waals surface area contributed by atoms with Crippen molar-refractivity contribution in [1.82, 2.24) is 0 Å². The van der Waals surface area contributed by atoms with Gasteiger partial charge in [0.1, 0.15) is 11.4 Å². The van der Waals surface area contributed by atoms with Gasteiger partial charge in [-0.1, -0.05) is 0 Å². The average Bonchev–Trinajstić information content (AvgIpc) is 2.33. The Balaban J connectivity index is 2.71. The van der Waals surface area contributed by atoms with Gasteiger partial charge in [0, 0.05) is 0 Å². The number of benzene rings is 1. The van der Waals surface area contributed by atoms with Crippen LogP contribution in [0.1, 0.15) is 31.1 Å². The lowest BCUT2D eigenvalue weighted by atomic mass is 10.1. The molecule has 0 saturated carbocycles. The van der Waals surface area contributed by atoms with Gasteiger partial charge in [-0.05, 0) is 45.0 Å². The van der Waals surface area contributed by atoms with E-state index in [4.69, 9.17) is 4.74 Å². The first-order valence-corrected chi connectivity index (χ1v) is 7.52. The molecule has 0 radical (unpaired) electrons. The van der Waals surface area contributed by atoms with Crippen molar-refractivity contribution in [2.75, 3.05) is 6.61 Å². The third kappa shape index (κ3) is 5.23. The summed E-state index contributed by atoms with van der Waals surface area (Å²) in [7, 11) is -5.89. The van der Waals surface area contributed by atoms with Crippen molar-refractivity contribution >= 4 is 16.1 Å². The van der Waals surface area contributed by atoms with Gasteiger partial charge < -0.3 is 14.0 Å². The molecule has 1 aromatic rings. The van der Waals surface area contributed by atoms with Crippen molar-refractivity contribution in [2.24, 2.45) is 0 Å². The van der Waals surface area contributed by atoms with Crippen LogP contribution in [0.15, 0.2) is 24.3 Å². The molecule has 0 fully saturated rings. The molecule has 0 heterocycles. The number of carbonyl (C=O) groups is 1. The summed E-state index contributed by atoms with van der Waals surface area (Å²) in [6, 6.07) is 5.41. The fourth-order valence-corrected chi connectivity index (χ4v) is 1.52. The zero-order chi connectivity index (χ0) is 17.2. The summed E-state index contributed by atoms with van der Waals surface area (Å²) < 4.78 is 66.2. The zero-order valence-corrected chi connectivity index (χ0v) is 12.9. The fraction of sp³-hybridized carbons (Fsp3) is 0.462. The van der Waals surface area contributed by atoms with E-state index in [2.05, 4.69) is 4.74 Å². The number of carbonyl (C=O) groups excluding carboxylic acids is 1. The number of esters is 1. The van der Waals surface area contributed by atoms with Crippen LogP contribution in [-0.4, -0.2) is 36.4 Å². The Hall–Kier alpha value is -1.74. The summed E-state index contributed by atoms with van der Waals surface area (Å²) >= 11 is 0. The molecule has 0 N–H and O–H groups in total. The van der Waals surface area contributed by atoms with Crippen LogP contribution in [0.5, 0.6) is 5.75 Å². The summed E-state index contributed by atoms with van der Waals surface area (Å²) in [5.74, 6) is -0.720. The van der Waals surface area contributed by atoms with Crippen molar-refractivity contribution in [1.29, 1.82) is 0 Å². The van der Waals surface area contributed by atoms with Crippen LogP contribution in [0, 0.1) is 0 Å². The molecule has 1 aromatic carbocycles. The zero-order valence-electron chi connectivity index (χ0n) is 12.1. The molecule has 0 amide bonds. The highest BCUT2D eigenvalue weighted by Crippen LogP contribution is 2.22. The largest absolute Gasteiger partial charge is 0.743 e. The van der Waals surface area contributed by atoms with Crippen molar-refractivity contribution in [3.63, 3.8) is 0 Å². The summed E-state index contributed by atoms with van der Waals surface area (Å²) in [6.45, 7) is 3.62. The Bertz CT molecular complexity index is 631. The molecule has 124 valence electrons. The van der Waals surface area contributed by atoms with Crippen LogP contribution in [0.3, 0.4) is 0 Å². The molecule has 0 spiro atoms. The molecular formula is C13H15F2O6S-. The number of ether oxygens (including phenoxy) is 2. The number of alkyl halides is 2. The predicted octanol–water partition coefficient (Wildman–Crippen LogP) is 2.16. The van der Waals surface area contributed by atoms with E-state index < -0.39 is 33.5 Å². The average molecular weight is 337 g/mol. The second kappa shape index (κ2) is 6.17. The second-order valence-corrected chi connectivity index (χ2v) is 6.91. The maximum atomic E-state index is 12.9. The lowest BCUT2D eigenvalue weighted by Gasteiger charge is -2.21. The number of rotatable bonds is 5. The number of hydrogen-bond acceptors (Lipinski definition) is 6. The molecule has 6 nitrogen and oxygen atoms in total. The highest BCUT2D eigenvalue weighted by molar-refractivity contribution is 7.86. The first-order chi connectivity index (χ1) is 9.82. The molecule has 0 bridgehead atoms. The first-order valence-electron chi connectivity index (χ1n) is 6.11. The normalized spacial score (nSPS) is 12.8. The molecule has 0 aliphatic heterocycles. The summed E-state index contributed by atoms with van der Waals surface area (Å²) in [5, 5.41) is -4.67. The summed E-state index contributed by atoms with van der Waals surface area (Å²) in [6.07, 6.45) is 0. The minimum absolute atomic E-state index is 0.0830. The Morgan fingerprint density at radius 3 is 2.09 bits per heavy atom. The van der Waals surface area contributed by atoms with Gasteiger partial charge in [0.25, 0.3) is 0 Å². The van der Waals surface area contributed by atoms with E-state index in [1.165, 1.54) is 24.3 Å². The standard InChI is InChI=1S/C13H16F2O6S/c1-12(2,3)21-10-6-4-9(5-7-10)11(16)20-8-13(14,15)22(17,18)19/h4-7H,8H2,1-3H3,(H,17,18,19)/p-1. The number of halogens is 2. The highest BCUT2D eigenvalue weighted by atomic mass is 32.2. The molecule has 0 aromatic heterocycles. The van der Waals surface area contributed by atoms with Crippen LogP contribution in [-0.2, 0) is 14.9 Å². The Labute approximate surface area is 126 Å². The molecule has 0 unspecified atom stereocenters. The van der Waals surface area contributed by atoms with Crippen molar-refractivity contribution in [2.45, 2.75) is 31.6 Å². The van der Waals surface area contributed by atoms with E-state index in [1.54, 1.807) is 0 Å². The lowest BCUT2D eigenvalue weighted by Crippen LogP contribution is -2.34. The molecular weight excluding hydrogens is 322 g/mol. The smallest absolute Gasteiger partial charge is 0.367 e. The molecule has 1 rings (SSSR count). The van der Waals surface area contributed by atoms with Gasteiger partial charge >= 0.3 is 11.2 Å². The van der Waals surface area contributed by atoms with Gasteiger partial charge in [0.15, 0.2) is 16.7 Å². The summed E-state index contributed by atoms with van der Waals surface area (Å²) in [5.41, 5.74) is -0.535. The quantitative estimate of drug-likeness (QED) is 0.604. The Kier molecular flexibility index (Phi) is 5.14. The van der Waals surface area contributed by atoms with Gasteiger partial charge in [-0.3, -0.25) is 0 Å². The van der Waals surface area contributed by atoms with Gasteiger partial charge in [-0.15, -0.1) is 0 Å². The fourth-order valence-electron chi connectivity index (χ4n) is 1.32. The van der Waals surface area contributed by atoms with Crippen LogP contribution >= 0.6 is 0 Å².